The minimum Gasteiger partial charge on any atom is -0.354 e. The van der Waals surface area contributed by atoms with Crippen LogP contribution in [0.5, 0.6) is 0 Å². The van der Waals surface area contributed by atoms with Gasteiger partial charge in [0, 0.05) is 39.3 Å². The van der Waals surface area contributed by atoms with Crippen LogP contribution < -0.4 is 11.5 Å². The van der Waals surface area contributed by atoms with Crippen LogP contribution in [0.15, 0.2) is 9.98 Å². The summed E-state index contributed by atoms with van der Waals surface area (Å²) in [7, 11) is 0. The summed E-state index contributed by atoms with van der Waals surface area (Å²) >= 11 is 0. The van der Waals surface area contributed by atoms with Gasteiger partial charge in [-0.05, 0) is 38.8 Å². The number of nitrogens with two attached hydrogens (primary N) is 2. The molecule has 0 spiro atoms. The van der Waals surface area contributed by atoms with Crippen LogP contribution in [0.2, 0.25) is 0 Å². The van der Waals surface area contributed by atoms with Crippen LogP contribution in [-0.4, -0.2) is 73.8 Å². The minimum atomic E-state index is 0. The van der Waals surface area contributed by atoms with Crippen LogP contribution in [0.25, 0.3) is 0 Å². The molecule has 4 N–H and O–H groups in total. The van der Waals surface area contributed by atoms with Gasteiger partial charge < -0.3 is 21.3 Å². The van der Waals surface area contributed by atoms with Gasteiger partial charge in [0.25, 0.3) is 0 Å². The van der Waals surface area contributed by atoms with Crippen LogP contribution >= 0.6 is 12.4 Å². The normalized spacial score (nSPS) is 19.0. The monoisotopic (exact) mass is 316 g/mol. The number of nitrogens with zero attached hydrogens (tertiary/aromatic N) is 4. The molecule has 6 nitrogen and oxygen atoms in total. The maximum Gasteiger partial charge on any atom is 0.166 e. The largest absolute Gasteiger partial charge is 0.354 e. The van der Waals surface area contributed by atoms with Crippen molar-refractivity contribution in [2.75, 3.05) is 52.4 Å². The molecule has 21 heavy (non-hydrogen) atoms. The lowest BCUT2D eigenvalue weighted by molar-refractivity contribution is 0.366. The second-order valence-corrected chi connectivity index (χ2v) is 5.38. The van der Waals surface area contributed by atoms with Crippen molar-refractivity contribution in [3.8, 4) is 0 Å². The molecule has 0 aromatic rings. The van der Waals surface area contributed by atoms with Gasteiger partial charge in [0.05, 0.1) is 0 Å². The van der Waals surface area contributed by atoms with Crippen molar-refractivity contribution in [3.63, 3.8) is 0 Å². The lowest BCUT2D eigenvalue weighted by atomic mass is 10.2. The van der Waals surface area contributed by atoms with E-state index in [9.17, 15) is 0 Å². The summed E-state index contributed by atoms with van der Waals surface area (Å²) in [6.45, 7) is 7.40. The van der Waals surface area contributed by atoms with Crippen LogP contribution in [0.4, 0.5) is 0 Å². The molecule has 2 heterocycles. The van der Waals surface area contributed by atoms with Crippen molar-refractivity contribution in [1.29, 1.82) is 0 Å². The van der Waals surface area contributed by atoms with Crippen molar-refractivity contribution >= 4 is 24.1 Å². The van der Waals surface area contributed by atoms with E-state index in [1.807, 2.05) is 0 Å². The Morgan fingerprint density at radius 2 is 1.24 bits per heavy atom. The van der Waals surface area contributed by atoms with Gasteiger partial charge in [-0.2, -0.15) is 0 Å². The highest BCUT2D eigenvalue weighted by molar-refractivity contribution is 6.40. The first-order valence-electron chi connectivity index (χ1n) is 7.86. The zero-order chi connectivity index (χ0) is 14.2. The molecule has 0 fully saturated rings. The third-order valence-corrected chi connectivity index (χ3v) is 3.76. The van der Waals surface area contributed by atoms with Gasteiger partial charge in [-0.3, -0.25) is 9.98 Å². The Kier molecular flexibility index (Phi) is 8.64. The first-order chi connectivity index (χ1) is 9.86. The molecule has 0 saturated heterocycles. The third kappa shape index (κ3) is 5.13. The third-order valence-electron chi connectivity index (χ3n) is 3.76. The Morgan fingerprint density at radius 1 is 0.810 bits per heavy atom. The van der Waals surface area contributed by atoms with E-state index >= 15 is 0 Å². The highest BCUT2D eigenvalue weighted by atomic mass is 35.5. The van der Waals surface area contributed by atoms with E-state index in [0.29, 0.717) is 0 Å². The summed E-state index contributed by atoms with van der Waals surface area (Å²) in [5.41, 5.74) is 11.3. The molecule has 7 heteroatoms. The Hall–Kier alpha value is -0.850. The van der Waals surface area contributed by atoms with E-state index in [4.69, 9.17) is 21.5 Å². The maximum absolute atomic E-state index is 5.64. The van der Waals surface area contributed by atoms with Crippen molar-refractivity contribution in [2.45, 2.75) is 25.7 Å². The first-order valence-corrected chi connectivity index (χ1v) is 7.86. The number of halogens is 1. The smallest absolute Gasteiger partial charge is 0.166 e. The van der Waals surface area contributed by atoms with Gasteiger partial charge >= 0.3 is 0 Å². The van der Waals surface area contributed by atoms with E-state index in [-0.39, 0.29) is 12.4 Å². The molecule has 0 amide bonds. The van der Waals surface area contributed by atoms with E-state index in [0.717, 1.165) is 89.7 Å². The first kappa shape index (κ1) is 18.2. The molecule has 0 radical (unpaired) electrons. The molecule has 0 aromatic heterocycles. The van der Waals surface area contributed by atoms with Gasteiger partial charge in [-0.15, -0.1) is 12.4 Å². The number of rotatable bonds is 7. The summed E-state index contributed by atoms with van der Waals surface area (Å²) < 4.78 is 0. The molecule has 0 unspecified atom stereocenters. The van der Waals surface area contributed by atoms with Crippen LogP contribution in [0.1, 0.15) is 25.7 Å². The summed E-state index contributed by atoms with van der Waals surface area (Å²) in [5, 5.41) is 0. The predicted octanol–water partition coefficient (Wildman–Crippen LogP) is 0.314. The van der Waals surface area contributed by atoms with Crippen molar-refractivity contribution in [1.82, 2.24) is 9.80 Å². The molecule has 0 atom stereocenters. The van der Waals surface area contributed by atoms with E-state index < -0.39 is 0 Å². The molecule has 0 bridgehead atoms. The molecule has 0 aliphatic carbocycles. The van der Waals surface area contributed by atoms with E-state index in [2.05, 4.69) is 9.80 Å². The fourth-order valence-corrected chi connectivity index (χ4v) is 2.73. The lowest BCUT2D eigenvalue weighted by Gasteiger charge is -2.36. The topological polar surface area (TPSA) is 83.2 Å². The molecular weight excluding hydrogens is 288 g/mol. The summed E-state index contributed by atoms with van der Waals surface area (Å²) in [6, 6.07) is 0. The van der Waals surface area contributed by atoms with E-state index in [1.165, 1.54) is 0 Å². The highest BCUT2D eigenvalue weighted by Crippen LogP contribution is 2.12. The highest BCUT2D eigenvalue weighted by Gasteiger charge is 2.25. The number of hydrogen-bond donors (Lipinski definition) is 2. The van der Waals surface area contributed by atoms with Gasteiger partial charge in [0.15, 0.2) is 11.7 Å². The van der Waals surface area contributed by atoms with Crippen LogP contribution in [0, 0.1) is 0 Å². The standard InChI is InChI=1S/C14H28N6.ClH/c15-5-1-9-19-11-3-7-17-13(19)14-18-8-4-12-20(14)10-2-6-16;/h1-12,15-16H2;1H. The minimum absolute atomic E-state index is 0. The molecule has 0 saturated carbocycles. The quantitative estimate of drug-likeness (QED) is 0.708. The second kappa shape index (κ2) is 9.97. The Labute approximate surface area is 134 Å². The summed E-state index contributed by atoms with van der Waals surface area (Å²) in [5.74, 6) is 2.17. The summed E-state index contributed by atoms with van der Waals surface area (Å²) in [6.07, 6.45) is 4.28. The number of hydrogen-bond acceptors (Lipinski definition) is 6. The van der Waals surface area contributed by atoms with Crippen LogP contribution in [0.3, 0.4) is 0 Å². The average molecular weight is 317 g/mol. The zero-order valence-electron chi connectivity index (χ0n) is 12.8. The Balaban J connectivity index is 0.00000220. The van der Waals surface area contributed by atoms with Crippen molar-refractivity contribution in [3.05, 3.63) is 0 Å². The molecule has 2 aliphatic heterocycles. The van der Waals surface area contributed by atoms with Gasteiger partial charge in [-0.25, -0.2) is 0 Å². The predicted molar refractivity (Wildman–Crippen MR) is 91.6 cm³/mol. The summed E-state index contributed by atoms with van der Waals surface area (Å²) in [4.78, 5) is 14.2. The fraction of sp³-hybridized carbons (Fsp3) is 0.857. The maximum atomic E-state index is 5.64. The average Bonchev–Trinajstić information content (AvgIpc) is 2.51. The molecular formula is C14H29ClN6. The lowest BCUT2D eigenvalue weighted by Crippen LogP contribution is -2.50. The Bertz CT molecular complexity index is 323. The van der Waals surface area contributed by atoms with Gasteiger partial charge in [0.2, 0.25) is 0 Å². The fourth-order valence-electron chi connectivity index (χ4n) is 2.73. The van der Waals surface area contributed by atoms with Crippen LogP contribution in [-0.2, 0) is 0 Å². The molecule has 2 aliphatic rings. The van der Waals surface area contributed by atoms with E-state index in [1.54, 1.807) is 0 Å². The second-order valence-electron chi connectivity index (χ2n) is 5.38. The molecule has 0 aromatic carbocycles. The van der Waals surface area contributed by atoms with Crippen molar-refractivity contribution in [2.24, 2.45) is 21.5 Å². The van der Waals surface area contributed by atoms with Crippen molar-refractivity contribution < 1.29 is 0 Å². The van der Waals surface area contributed by atoms with Gasteiger partial charge in [-0.1, -0.05) is 0 Å². The Morgan fingerprint density at radius 3 is 1.62 bits per heavy atom. The number of amidine groups is 2. The molecule has 2 rings (SSSR count). The number of aliphatic imine (C=N–C) groups is 2. The zero-order valence-corrected chi connectivity index (χ0v) is 13.7. The molecule has 122 valence electrons. The SMILES string of the molecule is Cl.NCCCN1CCCN=C1C1=NCCCN1CCCN. The van der Waals surface area contributed by atoms with Gasteiger partial charge in [0.1, 0.15) is 0 Å².